The second-order valence-electron chi connectivity index (χ2n) is 7.99. The van der Waals surface area contributed by atoms with E-state index in [1.165, 1.54) is 12.1 Å². The molecular formula is C24H23F3N2O3S. The molecule has 0 unspecified atom stereocenters. The quantitative estimate of drug-likeness (QED) is 0.476. The van der Waals surface area contributed by atoms with Crippen molar-refractivity contribution in [3.63, 3.8) is 0 Å². The average molecular weight is 477 g/mol. The molecule has 1 aromatic carbocycles. The van der Waals surface area contributed by atoms with Gasteiger partial charge in [-0.1, -0.05) is 6.07 Å². The molecule has 5 nitrogen and oxygen atoms in total. The van der Waals surface area contributed by atoms with Crippen LogP contribution in [0.1, 0.15) is 39.4 Å². The van der Waals surface area contributed by atoms with Crippen molar-refractivity contribution in [3.05, 3.63) is 81.9 Å². The minimum absolute atomic E-state index is 0.0152. The first-order chi connectivity index (χ1) is 15.8. The molecule has 0 spiro atoms. The highest BCUT2D eigenvalue weighted by molar-refractivity contribution is 7.09. The first-order valence-corrected chi connectivity index (χ1v) is 11.5. The Balaban J connectivity index is 1.38. The van der Waals surface area contributed by atoms with Gasteiger partial charge >= 0.3 is 6.18 Å². The third kappa shape index (κ3) is 5.65. The number of furan rings is 1. The molecule has 0 aliphatic carbocycles. The predicted octanol–water partition coefficient (Wildman–Crippen LogP) is 5.44. The van der Waals surface area contributed by atoms with E-state index in [1.807, 2.05) is 23.6 Å². The van der Waals surface area contributed by atoms with Crippen molar-refractivity contribution in [2.45, 2.75) is 32.1 Å². The third-order valence-electron chi connectivity index (χ3n) is 5.76. The molecule has 2 amide bonds. The molecule has 3 aromatic rings. The lowest BCUT2D eigenvalue weighted by molar-refractivity contribution is -0.138. The average Bonchev–Trinajstić information content (AvgIpc) is 3.52. The number of amides is 2. The van der Waals surface area contributed by atoms with Gasteiger partial charge in [0.25, 0.3) is 5.91 Å². The van der Waals surface area contributed by atoms with Gasteiger partial charge in [0.15, 0.2) is 0 Å². The Morgan fingerprint density at radius 1 is 1.03 bits per heavy atom. The van der Waals surface area contributed by atoms with Crippen LogP contribution in [0.5, 0.6) is 0 Å². The summed E-state index contributed by atoms with van der Waals surface area (Å²) in [4.78, 5) is 30.5. The minimum Gasteiger partial charge on any atom is -0.467 e. The Morgan fingerprint density at radius 3 is 2.33 bits per heavy atom. The van der Waals surface area contributed by atoms with Gasteiger partial charge in [0.05, 0.1) is 24.9 Å². The second-order valence-corrected chi connectivity index (χ2v) is 9.03. The summed E-state index contributed by atoms with van der Waals surface area (Å²) in [5.74, 6) is 0.175. The number of hydrogen-bond donors (Lipinski definition) is 0. The number of halogens is 3. The highest BCUT2D eigenvalue weighted by Gasteiger charge is 2.33. The topological polar surface area (TPSA) is 53.8 Å². The summed E-state index contributed by atoms with van der Waals surface area (Å²) in [6.45, 7) is 1.62. The summed E-state index contributed by atoms with van der Waals surface area (Å²) in [7, 11) is 0. The number of benzene rings is 1. The van der Waals surface area contributed by atoms with Crippen molar-refractivity contribution in [2.24, 2.45) is 5.92 Å². The predicted molar refractivity (Wildman–Crippen MR) is 117 cm³/mol. The summed E-state index contributed by atoms with van der Waals surface area (Å²) in [6.07, 6.45) is -1.85. The standard InChI is InChI=1S/C24H23F3N2O3S/c25-24(26,27)19-7-5-17(6-8-19)22(30)28-11-9-18(10-12-28)23(31)29(15-20-3-1-13-32-20)16-21-4-2-14-33-21/h1-8,13-14,18H,9-12,15-16H2. The number of piperidine rings is 1. The summed E-state index contributed by atoms with van der Waals surface area (Å²) in [5, 5.41) is 1.97. The Hall–Kier alpha value is -3.07. The van der Waals surface area contributed by atoms with Gasteiger partial charge in [0.2, 0.25) is 5.91 Å². The van der Waals surface area contributed by atoms with E-state index >= 15 is 0 Å². The van der Waals surface area contributed by atoms with Crippen molar-refractivity contribution >= 4 is 23.2 Å². The zero-order valence-electron chi connectivity index (χ0n) is 17.8. The molecule has 1 aliphatic rings. The number of nitrogens with zero attached hydrogens (tertiary/aromatic N) is 2. The number of likely N-dealkylation sites (tertiary alicyclic amines) is 1. The molecule has 2 aromatic heterocycles. The van der Waals surface area contributed by atoms with Gasteiger partial charge in [0.1, 0.15) is 5.76 Å². The van der Waals surface area contributed by atoms with E-state index < -0.39 is 11.7 Å². The maximum absolute atomic E-state index is 13.3. The monoisotopic (exact) mass is 476 g/mol. The largest absolute Gasteiger partial charge is 0.467 e. The number of thiophene rings is 1. The SMILES string of the molecule is O=C(c1ccc(C(F)(F)F)cc1)N1CCC(C(=O)N(Cc2ccco2)Cc2cccs2)CC1. The second kappa shape index (κ2) is 9.82. The van der Waals surface area contributed by atoms with E-state index in [2.05, 4.69) is 0 Å². The van der Waals surface area contributed by atoms with Crippen LogP contribution in [0.2, 0.25) is 0 Å². The molecule has 0 atom stereocenters. The van der Waals surface area contributed by atoms with E-state index in [-0.39, 0.29) is 23.3 Å². The summed E-state index contributed by atoms with van der Waals surface area (Å²) in [5.41, 5.74) is -0.573. The van der Waals surface area contributed by atoms with Crippen LogP contribution in [-0.2, 0) is 24.1 Å². The molecule has 0 N–H and O–H groups in total. The van der Waals surface area contributed by atoms with E-state index in [0.717, 1.165) is 17.0 Å². The highest BCUT2D eigenvalue weighted by atomic mass is 32.1. The van der Waals surface area contributed by atoms with Crippen molar-refractivity contribution in [1.29, 1.82) is 0 Å². The van der Waals surface area contributed by atoms with Crippen LogP contribution in [0, 0.1) is 5.92 Å². The fourth-order valence-electron chi connectivity index (χ4n) is 3.97. The molecule has 0 saturated carbocycles. The van der Waals surface area contributed by atoms with E-state index in [0.29, 0.717) is 44.8 Å². The van der Waals surface area contributed by atoms with Gasteiger partial charge in [-0.2, -0.15) is 13.2 Å². The Kier molecular flexibility index (Phi) is 6.88. The Labute approximate surface area is 193 Å². The number of rotatable bonds is 6. The lowest BCUT2D eigenvalue weighted by atomic mass is 9.94. The van der Waals surface area contributed by atoms with Crippen LogP contribution < -0.4 is 0 Å². The van der Waals surface area contributed by atoms with Crippen LogP contribution in [-0.4, -0.2) is 34.7 Å². The maximum atomic E-state index is 13.3. The molecule has 33 heavy (non-hydrogen) atoms. The van der Waals surface area contributed by atoms with Crippen LogP contribution in [0.3, 0.4) is 0 Å². The maximum Gasteiger partial charge on any atom is 0.416 e. The summed E-state index contributed by atoms with van der Waals surface area (Å²) in [6, 6.07) is 11.8. The molecule has 1 saturated heterocycles. The smallest absolute Gasteiger partial charge is 0.416 e. The van der Waals surface area contributed by atoms with Crippen LogP contribution in [0.15, 0.2) is 64.6 Å². The van der Waals surface area contributed by atoms with Gasteiger partial charge in [-0.05, 0) is 60.7 Å². The Morgan fingerprint density at radius 2 is 1.76 bits per heavy atom. The number of carbonyl (C=O) groups is 2. The number of carbonyl (C=O) groups excluding carboxylic acids is 2. The highest BCUT2D eigenvalue weighted by Crippen LogP contribution is 2.30. The molecule has 9 heteroatoms. The van der Waals surface area contributed by atoms with Crippen molar-refractivity contribution < 1.29 is 27.2 Å². The number of hydrogen-bond acceptors (Lipinski definition) is 4. The lowest BCUT2D eigenvalue weighted by Crippen LogP contribution is -2.44. The number of alkyl halides is 3. The molecule has 174 valence electrons. The molecule has 3 heterocycles. The summed E-state index contributed by atoms with van der Waals surface area (Å²) >= 11 is 1.58. The zero-order chi connectivity index (χ0) is 23.4. The zero-order valence-corrected chi connectivity index (χ0v) is 18.6. The van der Waals surface area contributed by atoms with E-state index in [9.17, 15) is 22.8 Å². The third-order valence-corrected chi connectivity index (χ3v) is 6.62. The lowest BCUT2D eigenvalue weighted by Gasteiger charge is -2.34. The van der Waals surface area contributed by atoms with E-state index in [4.69, 9.17) is 4.42 Å². The first-order valence-electron chi connectivity index (χ1n) is 10.6. The molecule has 0 bridgehead atoms. The van der Waals surface area contributed by atoms with Crippen LogP contribution >= 0.6 is 11.3 Å². The molecule has 0 radical (unpaired) electrons. The first kappa shape index (κ1) is 23.1. The van der Waals surface area contributed by atoms with Crippen molar-refractivity contribution in [1.82, 2.24) is 9.80 Å². The van der Waals surface area contributed by atoms with Crippen LogP contribution in [0.25, 0.3) is 0 Å². The molecule has 1 aliphatic heterocycles. The van der Waals surface area contributed by atoms with E-state index in [1.54, 1.807) is 33.5 Å². The normalized spacial score (nSPS) is 14.9. The van der Waals surface area contributed by atoms with Crippen molar-refractivity contribution in [2.75, 3.05) is 13.1 Å². The van der Waals surface area contributed by atoms with Gasteiger partial charge < -0.3 is 14.2 Å². The summed E-state index contributed by atoms with van der Waals surface area (Å²) < 4.78 is 43.7. The molecule has 1 fully saturated rings. The Bertz CT molecular complexity index is 1020. The van der Waals surface area contributed by atoms with Gasteiger partial charge in [0, 0.05) is 29.4 Å². The van der Waals surface area contributed by atoms with Crippen molar-refractivity contribution in [3.8, 4) is 0 Å². The van der Waals surface area contributed by atoms with Gasteiger partial charge in [-0.15, -0.1) is 11.3 Å². The van der Waals surface area contributed by atoms with Gasteiger partial charge in [-0.25, -0.2) is 0 Å². The molecule has 4 rings (SSSR count). The molecular weight excluding hydrogens is 453 g/mol. The van der Waals surface area contributed by atoms with Crippen LogP contribution in [0.4, 0.5) is 13.2 Å². The minimum atomic E-state index is -4.44. The fraction of sp³-hybridized carbons (Fsp3) is 0.333. The van der Waals surface area contributed by atoms with Gasteiger partial charge in [-0.3, -0.25) is 9.59 Å². The fourth-order valence-corrected chi connectivity index (χ4v) is 4.68.